The fourth-order valence-corrected chi connectivity index (χ4v) is 4.04. The summed E-state index contributed by atoms with van der Waals surface area (Å²) in [6, 6.07) is 1.53. The second kappa shape index (κ2) is 7.30. The fourth-order valence-electron chi connectivity index (χ4n) is 4.04. The number of pyridine rings is 1. The molecule has 0 unspecified atom stereocenters. The van der Waals surface area contributed by atoms with Gasteiger partial charge in [0.1, 0.15) is 17.4 Å². The maximum Gasteiger partial charge on any atom is 0.263 e. The van der Waals surface area contributed by atoms with E-state index in [1.165, 1.54) is 4.57 Å². The first kappa shape index (κ1) is 19.9. The van der Waals surface area contributed by atoms with Crippen LogP contribution in [0.2, 0.25) is 0 Å². The third-order valence-corrected chi connectivity index (χ3v) is 6.26. The van der Waals surface area contributed by atoms with Gasteiger partial charge in [-0.3, -0.25) is 9.48 Å². The SMILES string of the molecule is CN1CC[C@H](n2cc(Nc3nc(NC4(C)CC4)c4c(=O)n(C)ccc4n3)cn2)[C@@H](F)C1. The third kappa shape index (κ3) is 3.87. The molecule has 2 fully saturated rings. The molecule has 2 aliphatic rings. The highest BCUT2D eigenvalue weighted by atomic mass is 19.1. The molecule has 2 N–H and O–H groups in total. The summed E-state index contributed by atoms with van der Waals surface area (Å²) in [5.74, 6) is 0.896. The lowest BCUT2D eigenvalue weighted by Gasteiger charge is -2.32. The summed E-state index contributed by atoms with van der Waals surface area (Å²) < 4.78 is 17.7. The molecular weight excluding hydrogens is 399 g/mol. The molecule has 1 aliphatic heterocycles. The van der Waals surface area contributed by atoms with Crippen LogP contribution < -0.4 is 16.2 Å². The van der Waals surface area contributed by atoms with Crippen molar-refractivity contribution < 1.29 is 4.39 Å². The lowest BCUT2D eigenvalue weighted by atomic mass is 10.0. The molecular formula is C21H27FN8O. The minimum atomic E-state index is -0.963. The van der Waals surface area contributed by atoms with Crippen LogP contribution in [0.3, 0.4) is 0 Å². The molecule has 31 heavy (non-hydrogen) atoms. The van der Waals surface area contributed by atoms with Crippen molar-refractivity contribution in [3.8, 4) is 0 Å². The molecule has 1 saturated carbocycles. The summed E-state index contributed by atoms with van der Waals surface area (Å²) in [6.07, 6.45) is 6.94. The molecule has 10 heteroatoms. The van der Waals surface area contributed by atoms with Gasteiger partial charge in [-0.2, -0.15) is 10.1 Å². The van der Waals surface area contributed by atoms with Crippen molar-refractivity contribution in [1.29, 1.82) is 0 Å². The summed E-state index contributed by atoms with van der Waals surface area (Å²) in [4.78, 5) is 23.9. The first-order valence-corrected chi connectivity index (χ1v) is 10.6. The van der Waals surface area contributed by atoms with Gasteiger partial charge in [0, 0.05) is 38.1 Å². The molecule has 4 heterocycles. The zero-order valence-corrected chi connectivity index (χ0v) is 18.0. The monoisotopic (exact) mass is 426 g/mol. The van der Waals surface area contributed by atoms with E-state index in [4.69, 9.17) is 0 Å². The van der Waals surface area contributed by atoms with E-state index in [-0.39, 0.29) is 17.1 Å². The number of hydrogen-bond acceptors (Lipinski definition) is 7. The number of piperidine rings is 1. The first-order valence-electron chi connectivity index (χ1n) is 10.6. The molecule has 1 aliphatic carbocycles. The lowest BCUT2D eigenvalue weighted by molar-refractivity contribution is 0.101. The van der Waals surface area contributed by atoms with E-state index in [0.717, 1.165) is 19.4 Å². The first-order chi connectivity index (χ1) is 14.8. The summed E-state index contributed by atoms with van der Waals surface area (Å²) in [6.45, 7) is 3.36. The standard InChI is InChI=1S/C21H27FN8O/c1-21(6-7-21)27-18-17-15(4-9-29(3)19(17)31)25-20(26-18)24-13-10-23-30(11-13)16-5-8-28(2)12-14(16)22/h4,9-11,14,16H,5-8,12H2,1-3H3,(H2,24,25,26,27)/t14-,16-/m0/s1. The van der Waals surface area contributed by atoms with Gasteiger partial charge in [0.25, 0.3) is 5.56 Å². The summed E-state index contributed by atoms with van der Waals surface area (Å²) in [5, 5.41) is 11.4. The Balaban J connectivity index is 1.45. The van der Waals surface area contributed by atoms with Crippen molar-refractivity contribution in [3.05, 3.63) is 35.0 Å². The van der Waals surface area contributed by atoms with E-state index in [1.54, 1.807) is 36.4 Å². The molecule has 3 aromatic rings. The fraction of sp³-hybridized carbons (Fsp3) is 0.524. The Morgan fingerprint density at radius 2 is 2.06 bits per heavy atom. The van der Waals surface area contributed by atoms with Crippen molar-refractivity contribution in [1.82, 2.24) is 29.2 Å². The van der Waals surface area contributed by atoms with Crippen molar-refractivity contribution in [3.63, 3.8) is 0 Å². The number of nitrogens with zero attached hydrogens (tertiary/aromatic N) is 6. The second-order valence-electron chi connectivity index (χ2n) is 9.04. The molecule has 9 nitrogen and oxygen atoms in total. The number of hydrogen-bond donors (Lipinski definition) is 2. The van der Waals surface area contributed by atoms with Crippen LogP contribution in [-0.2, 0) is 7.05 Å². The van der Waals surface area contributed by atoms with Crippen LogP contribution in [0.4, 0.5) is 21.8 Å². The van der Waals surface area contributed by atoms with E-state index < -0.39 is 6.17 Å². The van der Waals surface area contributed by atoms with Crippen molar-refractivity contribution in [2.45, 2.75) is 43.9 Å². The average Bonchev–Trinajstić information content (AvgIpc) is 3.26. The topological polar surface area (TPSA) is 92.9 Å². The Kier molecular flexibility index (Phi) is 4.69. The van der Waals surface area contributed by atoms with Gasteiger partial charge >= 0.3 is 0 Å². The van der Waals surface area contributed by atoms with E-state index in [9.17, 15) is 9.18 Å². The van der Waals surface area contributed by atoms with Gasteiger partial charge < -0.3 is 20.1 Å². The number of aromatic nitrogens is 5. The van der Waals surface area contributed by atoms with Crippen LogP contribution >= 0.6 is 0 Å². The van der Waals surface area contributed by atoms with Crippen LogP contribution in [-0.4, -0.2) is 61.1 Å². The van der Waals surface area contributed by atoms with Gasteiger partial charge in [-0.1, -0.05) is 0 Å². The zero-order valence-electron chi connectivity index (χ0n) is 18.0. The van der Waals surface area contributed by atoms with Crippen LogP contribution in [0.25, 0.3) is 10.9 Å². The smallest absolute Gasteiger partial charge is 0.263 e. The van der Waals surface area contributed by atoms with Crippen LogP contribution in [0.1, 0.15) is 32.2 Å². The Hall–Kier alpha value is -3.01. The maximum atomic E-state index is 14.5. The summed E-state index contributed by atoms with van der Waals surface area (Å²) in [7, 11) is 3.64. The van der Waals surface area contributed by atoms with Crippen molar-refractivity contribution in [2.24, 2.45) is 7.05 Å². The maximum absolute atomic E-state index is 14.5. The van der Waals surface area contributed by atoms with Crippen LogP contribution in [0, 0.1) is 0 Å². The summed E-state index contributed by atoms with van der Waals surface area (Å²) in [5.41, 5.74) is 1.06. The second-order valence-corrected chi connectivity index (χ2v) is 9.04. The van der Waals surface area contributed by atoms with Gasteiger partial charge in [0.2, 0.25) is 5.95 Å². The predicted molar refractivity (Wildman–Crippen MR) is 118 cm³/mol. The highest BCUT2D eigenvalue weighted by Crippen LogP contribution is 2.39. The minimum absolute atomic E-state index is 0.0471. The molecule has 0 aromatic carbocycles. The van der Waals surface area contributed by atoms with Gasteiger partial charge in [0.05, 0.1) is 23.4 Å². The largest absolute Gasteiger partial charge is 0.364 e. The minimum Gasteiger partial charge on any atom is -0.364 e. The Morgan fingerprint density at radius 1 is 1.26 bits per heavy atom. The Bertz CT molecular complexity index is 1180. The highest BCUT2D eigenvalue weighted by molar-refractivity contribution is 5.89. The molecule has 0 spiro atoms. The van der Waals surface area contributed by atoms with Gasteiger partial charge in [0.15, 0.2) is 0 Å². The molecule has 3 aromatic heterocycles. The number of anilines is 3. The zero-order chi connectivity index (χ0) is 21.8. The number of rotatable bonds is 5. The number of aryl methyl sites for hydroxylation is 1. The van der Waals surface area contributed by atoms with E-state index in [2.05, 4.69) is 32.6 Å². The van der Waals surface area contributed by atoms with E-state index >= 15 is 0 Å². The number of likely N-dealkylation sites (tertiary alicyclic amines) is 1. The molecule has 2 atom stereocenters. The Morgan fingerprint density at radius 3 is 2.81 bits per heavy atom. The summed E-state index contributed by atoms with van der Waals surface area (Å²) >= 11 is 0. The average molecular weight is 427 g/mol. The molecule has 0 radical (unpaired) electrons. The number of fused-ring (bicyclic) bond motifs is 1. The molecule has 0 bridgehead atoms. The number of nitrogens with one attached hydrogen (secondary N) is 2. The predicted octanol–water partition coefficient (Wildman–Crippen LogP) is 2.45. The Labute approximate surface area is 179 Å². The third-order valence-electron chi connectivity index (χ3n) is 6.26. The van der Waals surface area contributed by atoms with Crippen LogP contribution in [0.15, 0.2) is 29.5 Å². The normalized spacial score (nSPS) is 23.1. The van der Waals surface area contributed by atoms with Gasteiger partial charge in [-0.05, 0) is 39.3 Å². The molecule has 0 amide bonds. The van der Waals surface area contributed by atoms with Crippen LogP contribution in [0.5, 0.6) is 0 Å². The molecule has 1 saturated heterocycles. The van der Waals surface area contributed by atoms with Crippen molar-refractivity contribution in [2.75, 3.05) is 30.8 Å². The van der Waals surface area contributed by atoms with Gasteiger partial charge in [-0.25, -0.2) is 9.37 Å². The number of alkyl halides is 1. The number of halogens is 1. The van der Waals surface area contributed by atoms with Crippen molar-refractivity contribution >= 4 is 28.4 Å². The van der Waals surface area contributed by atoms with Gasteiger partial charge in [-0.15, -0.1) is 0 Å². The van der Waals surface area contributed by atoms with E-state index in [1.807, 2.05) is 11.9 Å². The highest BCUT2D eigenvalue weighted by Gasteiger charge is 2.38. The molecule has 164 valence electrons. The molecule has 5 rings (SSSR count). The quantitative estimate of drug-likeness (QED) is 0.647. The van der Waals surface area contributed by atoms with E-state index in [0.29, 0.717) is 41.3 Å². The lowest BCUT2D eigenvalue weighted by Crippen LogP contribution is -2.40.